The standard InChI is InChI=1S/C20H18N4O4/c1-12-22-23-19(27-12)15(13-6-4-3-5-7-13)11-18(25)21-14-8-9-16-17(10-14)28-20(26)24(16)2/h3-10,15H,11H2,1-2H3,(H,21,25). The Morgan fingerprint density at radius 1 is 1.14 bits per heavy atom. The van der Waals surface area contributed by atoms with E-state index >= 15 is 0 Å². The van der Waals surface area contributed by atoms with Crippen molar-refractivity contribution in [3.63, 3.8) is 0 Å². The molecule has 4 rings (SSSR count). The number of carbonyl (C=O) groups is 1. The molecule has 0 fully saturated rings. The third-order valence-corrected chi connectivity index (χ3v) is 4.51. The van der Waals surface area contributed by atoms with Gasteiger partial charge in [-0.15, -0.1) is 10.2 Å². The second kappa shape index (κ2) is 7.15. The Morgan fingerprint density at radius 2 is 1.93 bits per heavy atom. The van der Waals surface area contributed by atoms with E-state index in [1.807, 2.05) is 30.3 Å². The lowest BCUT2D eigenvalue weighted by atomic mass is 9.95. The predicted molar refractivity (Wildman–Crippen MR) is 102 cm³/mol. The van der Waals surface area contributed by atoms with Gasteiger partial charge in [-0.25, -0.2) is 4.79 Å². The number of aromatic nitrogens is 3. The normalized spacial score (nSPS) is 12.2. The molecule has 0 spiro atoms. The van der Waals surface area contributed by atoms with Crippen molar-refractivity contribution in [2.24, 2.45) is 7.05 Å². The fourth-order valence-corrected chi connectivity index (χ4v) is 3.09. The number of hydrogen-bond acceptors (Lipinski definition) is 6. The van der Waals surface area contributed by atoms with Gasteiger partial charge >= 0.3 is 5.76 Å². The molecule has 1 atom stereocenters. The van der Waals surface area contributed by atoms with Crippen molar-refractivity contribution in [2.75, 3.05) is 5.32 Å². The minimum absolute atomic E-state index is 0.127. The fraction of sp³-hybridized carbons (Fsp3) is 0.200. The van der Waals surface area contributed by atoms with Crippen LogP contribution in [0, 0.1) is 6.92 Å². The maximum atomic E-state index is 12.7. The number of carbonyl (C=O) groups excluding carboxylic acids is 1. The number of anilines is 1. The number of fused-ring (bicyclic) bond motifs is 1. The van der Waals surface area contributed by atoms with Crippen LogP contribution >= 0.6 is 0 Å². The van der Waals surface area contributed by atoms with Crippen LogP contribution in [0.25, 0.3) is 11.1 Å². The molecule has 2 heterocycles. The van der Waals surface area contributed by atoms with Gasteiger partial charge in [0.05, 0.1) is 11.4 Å². The SMILES string of the molecule is Cc1nnc(C(CC(=O)Nc2ccc3c(c2)oc(=O)n3C)c2ccccc2)o1. The van der Waals surface area contributed by atoms with Crippen molar-refractivity contribution in [1.29, 1.82) is 0 Å². The predicted octanol–water partition coefficient (Wildman–Crippen LogP) is 2.98. The highest BCUT2D eigenvalue weighted by Gasteiger charge is 2.23. The fourth-order valence-electron chi connectivity index (χ4n) is 3.09. The van der Waals surface area contributed by atoms with Crippen molar-refractivity contribution in [2.45, 2.75) is 19.3 Å². The molecule has 1 unspecified atom stereocenters. The number of nitrogens with zero attached hydrogens (tertiary/aromatic N) is 3. The number of rotatable bonds is 5. The zero-order chi connectivity index (χ0) is 19.7. The van der Waals surface area contributed by atoms with Crippen molar-refractivity contribution < 1.29 is 13.6 Å². The Kier molecular flexibility index (Phi) is 4.52. The number of hydrogen-bond donors (Lipinski definition) is 1. The van der Waals surface area contributed by atoms with Crippen LogP contribution in [0.5, 0.6) is 0 Å². The van der Waals surface area contributed by atoms with Crippen LogP contribution in [0.4, 0.5) is 5.69 Å². The Hall–Kier alpha value is -3.68. The van der Waals surface area contributed by atoms with Crippen LogP contribution in [-0.2, 0) is 11.8 Å². The first-order valence-electron chi connectivity index (χ1n) is 8.75. The molecule has 8 heteroatoms. The summed E-state index contributed by atoms with van der Waals surface area (Å²) in [5.41, 5.74) is 2.52. The molecular weight excluding hydrogens is 360 g/mol. The van der Waals surface area contributed by atoms with E-state index in [0.29, 0.717) is 28.6 Å². The lowest BCUT2D eigenvalue weighted by molar-refractivity contribution is -0.116. The summed E-state index contributed by atoms with van der Waals surface area (Å²) in [6.45, 7) is 1.71. The molecule has 0 aliphatic heterocycles. The smallest absolute Gasteiger partial charge is 0.419 e. The molecule has 4 aromatic rings. The van der Waals surface area contributed by atoms with E-state index in [1.165, 1.54) is 4.57 Å². The van der Waals surface area contributed by atoms with Crippen molar-refractivity contribution >= 4 is 22.7 Å². The first-order valence-corrected chi connectivity index (χ1v) is 8.75. The summed E-state index contributed by atoms with van der Waals surface area (Å²) >= 11 is 0. The summed E-state index contributed by atoms with van der Waals surface area (Å²) in [5.74, 6) is -0.193. The largest absolute Gasteiger partial charge is 0.425 e. The quantitative estimate of drug-likeness (QED) is 0.573. The zero-order valence-electron chi connectivity index (χ0n) is 15.4. The van der Waals surface area contributed by atoms with Crippen LogP contribution in [0.1, 0.15) is 29.7 Å². The Balaban J connectivity index is 1.57. The highest BCUT2D eigenvalue weighted by atomic mass is 16.4. The van der Waals surface area contributed by atoms with Crippen molar-refractivity contribution in [1.82, 2.24) is 14.8 Å². The summed E-state index contributed by atoms with van der Waals surface area (Å²) in [7, 11) is 1.63. The minimum Gasteiger partial charge on any atom is -0.425 e. The summed E-state index contributed by atoms with van der Waals surface area (Å²) in [6.07, 6.45) is 0.127. The number of nitrogens with one attached hydrogen (secondary N) is 1. The van der Waals surface area contributed by atoms with Gasteiger partial charge in [-0.05, 0) is 17.7 Å². The van der Waals surface area contributed by atoms with Gasteiger partial charge < -0.3 is 14.2 Å². The molecule has 0 saturated heterocycles. The van der Waals surface area contributed by atoms with Crippen molar-refractivity contribution in [3.05, 3.63) is 76.4 Å². The number of aryl methyl sites for hydroxylation is 2. The molecule has 2 aromatic carbocycles. The van der Waals surface area contributed by atoms with E-state index in [0.717, 1.165) is 5.56 Å². The van der Waals surface area contributed by atoms with Gasteiger partial charge in [-0.3, -0.25) is 9.36 Å². The molecule has 2 aromatic heterocycles. The average Bonchev–Trinajstić information content (AvgIpc) is 3.23. The van der Waals surface area contributed by atoms with Crippen LogP contribution in [0.3, 0.4) is 0 Å². The highest BCUT2D eigenvalue weighted by molar-refractivity contribution is 5.93. The van der Waals surface area contributed by atoms with Gasteiger partial charge in [-0.2, -0.15) is 0 Å². The third-order valence-electron chi connectivity index (χ3n) is 4.51. The molecular formula is C20H18N4O4. The van der Waals surface area contributed by atoms with E-state index in [-0.39, 0.29) is 18.2 Å². The summed E-state index contributed by atoms with van der Waals surface area (Å²) < 4.78 is 12.1. The van der Waals surface area contributed by atoms with Gasteiger partial charge in [0.2, 0.25) is 17.7 Å². The minimum atomic E-state index is -0.450. The molecule has 0 radical (unpaired) electrons. The molecule has 0 aliphatic carbocycles. The third kappa shape index (κ3) is 3.44. The molecule has 0 saturated carbocycles. The van der Waals surface area contributed by atoms with E-state index in [1.54, 1.807) is 32.2 Å². The molecule has 0 bridgehead atoms. The Morgan fingerprint density at radius 3 is 2.64 bits per heavy atom. The van der Waals surface area contributed by atoms with Gasteiger partial charge in [0, 0.05) is 32.1 Å². The van der Waals surface area contributed by atoms with E-state index < -0.39 is 5.76 Å². The van der Waals surface area contributed by atoms with E-state index in [2.05, 4.69) is 15.5 Å². The molecule has 142 valence electrons. The first kappa shape index (κ1) is 17.7. The second-order valence-electron chi connectivity index (χ2n) is 6.48. The number of benzene rings is 2. The van der Waals surface area contributed by atoms with Gasteiger partial charge in [0.15, 0.2) is 5.58 Å². The summed E-state index contributed by atoms with van der Waals surface area (Å²) in [4.78, 5) is 24.3. The Bertz CT molecular complexity index is 1190. The topological polar surface area (TPSA) is 103 Å². The zero-order valence-corrected chi connectivity index (χ0v) is 15.4. The second-order valence-corrected chi connectivity index (χ2v) is 6.48. The molecule has 1 N–H and O–H groups in total. The van der Waals surface area contributed by atoms with Gasteiger partial charge in [0.1, 0.15) is 0 Å². The van der Waals surface area contributed by atoms with E-state index in [9.17, 15) is 9.59 Å². The maximum Gasteiger partial charge on any atom is 0.419 e. The first-order chi connectivity index (χ1) is 13.5. The molecule has 1 amide bonds. The van der Waals surface area contributed by atoms with Crippen LogP contribution < -0.4 is 11.1 Å². The van der Waals surface area contributed by atoms with Crippen LogP contribution in [0.15, 0.2) is 62.2 Å². The van der Waals surface area contributed by atoms with E-state index in [4.69, 9.17) is 8.83 Å². The lowest BCUT2D eigenvalue weighted by Crippen LogP contribution is -2.16. The maximum absolute atomic E-state index is 12.7. The lowest BCUT2D eigenvalue weighted by Gasteiger charge is -2.13. The molecule has 0 aliphatic rings. The van der Waals surface area contributed by atoms with Crippen molar-refractivity contribution in [3.8, 4) is 0 Å². The van der Waals surface area contributed by atoms with Gasteiger partial charge in [-0.1, -0.05) is 30.3 Å². The Labute approximate surface area is 159 Å². The number of oxazole rings is 1. The highest BCUT2D eigenvalue weighted by Crippen LogP contribution is 2.28. The summed E-state index contributed by atoms with van der Waals surface area (Å²) in [5, 5.41) is 10.8. The van der Waals surface area contributed by atoms with Crippen LogP contribution in [0.2, 0.25) is 0 Å². The van der Waals surface area contributed by atoms with Gasteiger partial charge in [0.25, 0.3) is 0 Å². The summed E-state index contributed by atoms with van der Waals surface area (Å²) in [6, 6.07) is 14.6. The number of amides is 1. The average molecular weight is 378 g/mol. The molecule has 28 heavy (non-hydrogen) atoms. The molecule has 8 nitrogen and oxygen atoms in total. The van der Waals surface area contributed by atoms with Crippen LogP contribution in [-0.4, -0.2) is 20.7 Å². The monoisotopic (exact) mass is 378 g/mol.